The molecule has 19 heavy (non-hydrogen) atoms. The summed E-state index contributed by atoms with van der Waals surface area (Å²) in [5.41, 5.74) is 0. The van der Waals surface area contributed by atoms with E-state index >= 15 is 0 Å². The van der Waals surface area contributed by atoms with Gasteiger partial charge in [0.25, 0.3) is 0 Å². The van der Waals surface area contributed by atoms with Gasteiger partial charge in [-0.05, 0) is 76.5 Å². The van der Waals surface area contributed by atoms with Crippen LogP contribution in [0.25, 0.3) is 0 Å². The normalized spacial score (nSPS) is 27.6. The van der Waals surface area contributed by atoms with Gasteiger partial charge >= 0.3 is 0 Å². The van der Waals surface area contributed by atoms with Crippen LogP contribution in [0.15, 0.2) is 0 Å². The highest BCUT2D eigenvalue weighted by Crippen LogP contribution is 2.28. The average Bonchev–Trinajstić information content (AvgIpc) is 2.65. The lowest BCUT2D eigenvalue weighted by Gasteiger charge is -2.38. The quantitative estimate of drug-likeness (QED) is 0.817. The number of hydrogen-bond acceptors (Lipinski definition) is 2. The molecule has 0 saturated carbocycles. The van der Waals surface area contributed by atoms with Crippen molar-refractivity contribution >= 4 is 0 Å². The summed E-state index contributed by atoms with van der Waals surface area (Å²) in [6.45, 7) is 9.93. The van der Waals surface area contributed by atoms with Crippen LogP contribution in [0.1, 0.15) is 65.2 Å². The van der Waals surface area contributed by atoms with Gasteiger partial charge in [-0.1, -0.05) is 26.7 Å². The molecular formula is C17H34N2. The highest BCUT2D eigenvalue weighted by Gasteiger charge is 2.29. The Hall–Kier alpha value is -0.0800. The van der Waals surface area contributed by atoms with E-state index in [9.17, 15) is 0 Å². The predicted molar refractivity (Wildman–Crippen MR) is 83.5 cm³/mol. The molecule has 2 fully saturated rings. The number of rotatable bonds is 5. The van der Waals surface area contributed by atoms with Crippen LogP contribution in [0, 0.1) is 11.8 Å². The maximum absolute atomic E-state index is 3.52. The predicted octanol–water partition coefficient (Wildman–Crippen LogP) is 3.67. The molecular weight excluding hydrogens is 232 g/mol. The van der Waals surface area contributed by atoms with Crippen molar-refractivity contribution in [3.8, 4) is 0 Å². The fraction of sp³-hybridized carbons (Fsp3) is 1.00. The van der Waals surface area contributed by atoms with Crippen molar-refractivity contribution in [2.75, 3.05) is 26.2 Å². The number of nitrogens with one attached hydrogen (secondary N) is 1. The number of piperidine rings is 1. The number of nitrogens with zero attached hydrogens (tertiary/aromatic N) is 1. The molecule has 2 heterocycles. The van der Waals surface area contributed by atoms with E-state index in [-0.39, 0.29) is 0 Å². The molecule has 2 nitrogen and oxygen atoms in total. The highest BCUT2D eigenvalue weighted by molar-refractivity contribution is 4.84. The second kappa shape index (κ2) is 8.26. The van der Waals surface area contributed by atoms with Gasteiger partial charge in [0.1, 0.15) is 0 Å². The number of hydrogen-bond donors (Lipinski definition) is 1. The third kappa shape index (κ3) is 5.07. The Morgan fingerprint density at radius 2 is 1.84 bits per heavy atom. The maximum atomic E-state index is 3.52. The second-order valence-corrected chi connectivity index (χ2v) is 7.08. The van der Waals surface area contributed by atoms with E-state index in [0.29, 0.717) is 0 Å². The average molecular weight is 266 g/mol. The van der Waals surface area contributed by atoms with E-state index in [0.717, 1.165) is 17.9 Å². The molecule has 2 aliphatic rings. The Morgan fingerprint density at radius 3 is 2.58 bits per heavy atom. The standard InChI is InChI=1S/C17H34N2/c1-15(2)7-6-14-19-13-5-3-4-8-17(19)16-9-11-18-12-10-16/h15-18H,3-14H2,1-2H3. The summed E-state index contributed by atoms with van der Waals surface area (Å²) in [5, 5.41) is 3.52. The van der Waals surface area contributed by atoms with Gasteiger partial charge in [-0.3, -0.25) is 0 Å². The maximum Gasteiger partial charge on any atom is 0.0124 e. The van der Waals surface area contributed by atoms with Crippen molar-refractivity contribution in [2.24, 2.45) is 11.8 Å². The molecule has 1 N–H and O–H groups in total. The first kappa shape index (κ1) is 15.3. The van der Waals surface area contributed by atoms with Crippen LogP contribution >= 0.6 is 0 Å². The molecule has 2 aliphatic heterocycles. The molecule has 2 heteroatoms. The summed E-state index contributed by atoms with van der Waals surface area (Å²) in [6.07, 6.45) is 11.4. The summed E-state index contributed by atoms with van der Waals surface area (Å²) in [5.74, 6) is 1.84. The summed E-state index contributed by atoms with van der Waals surface area (Å²) in [6, 6.07) is 0.900. The molecule has 0 bridgehead atoms. The third-order valence-corrected chi connectivity index (χ3v) is 5.07. The van der Waals surface area contributed by atoms with Gasteiger partial charge in [-0.2, -0.15) is 0 Å². The molecule has 0 spiro atoms. The second-order valence-electron chi connectivity index (χ2n) is 7.08. The van der Waals surface area contributed by atoms with E-state index in [1.807, 2.05) is 0 Å². The van der Waals surface area contributed by atoms with Crippen LogP contribution in [-0.2, 0) is 0 Å². The molecule has 0 aromatic heterocycles. The Bertz CT molecular complexity index is 233. The zero-order valence-corrected chi connectivity index (χ0v) is 13.2. The van der Waals surface area contributed by atoms with Crippen LogP contribution < -0.4 is 5.32 Å². The third-order valence-electron chi connectivity index (χ3n) is 5.07. The van der Waals surface area contributed by atoms with Crippen molar-refractivity contribution in [1.29, 1.82) is 0 Å². The molecule has 0 aliphatic carbocycles. The Morgan fingerprint density at radius 1 is 1.05 bits per heavy atom. The van der Waals surface area contributed by atoms with Gasteiger partial charge in [0.2, 0.25) is 0 Å². The van der Waals surface area contributed by atoms with Crippen molar-refractivity contribution in [1.82, 2.24) is 10.2 Å². The van der Waals surface area contributed by atoms with Crippen LogP contribution in [0.3, 0.4) is 0 Å². The lowest BCUT2D eigenvalue weighted by Crippen LogP contribution is -2.44. The van der Waals surface area contributed by atoms with E-state index in [2.05, 4.69) is 24.1 Å². The Kier molecular flexibility index (Phi) is 6.66. The van der Waals surface area contributed by atoms with Crippen molar-refractivity contribution < 1.29 is 0 Å². The smallest absolute Gasteiger partial charge is 0.0124 e. The monoisotopic (exact) mass is 266 g/mol. The van der Waals surface area contributed by atoms with E-state index in [1.54, 1.807) is 0 Å². The van der Waals surface area contributed by atoms with Crippen molar-refractivity contribution in [2.45, 2.75) is 71.3 Å². The summed E-state index contributed by atoms with van der Waals surface area (Å²) >= 11 is 0. The van der Waals surface area contributed by atoms with Crippen LogP contribution in [0.5, 0.6) is 0 Å². The molecule has 0 aromatic rings. The molecule has 0 amide bonds. The molecule has 2 rings (SSSR count). The van der Waals surface area contributed by atoms with Gasteiger partial charge < -0.3 is 10.2 Å². The first-order valence-corrected chi connectivity index (χ1v) is 8.72. The van der Waals surface area contributed by atoms with Gasteiger partial charge in [0.05, 0.1) is 0 Å². The van der Waals surface area contributed by atoms with Crippen molar-refractivity contribution in [3.63, 3.8) is 0 Å². The van der Waals surface area contributed by atoms with Gasteiger partial charge in [-0.25, -0.2) is 0 Å². The van der Waals surface area contributed by atoms with Gasteiger partial charge in [0, 0.05) is 6.04 Å². The fourth-order valence-electron chi connectivity index (χ4n) is 3.94. The first-order valence-electron chi connectivity index (χ1n) is 8.72. The van der Waals surface area contributed by atoms with E-state index in [4.69, 9.17) is 0 Å². The SMILES string of the molecule is CC(C)CCCN1CCCCCC1C1CCNCC1. The van der Waals surface area contributed by atoms with E-state index in [1.165, 1.54) is 77.5 Å². The van der Waals surface area contributed by atoms with Gasteiger partial charge in [0.15, 0.2) is 0 Å². The zero-order chi connectivity index (χ0) is 13.5. The first-order chi connectivity index (χ1) is 9.27. The lowest BCUT2D eigenvalue weighted by atomic mass is 9.86. The molecule has 1 unspecified atom stereocenters. The lowest BCUT2D eigenvalue weighted by molar-refractivity contribution is 0.119. The molecule has 112 valence electrons. The minimum atomic E-state index is 0.865. The fourth-order valence-corrected chi connectivity index (χ4v) is 3.94. The molecule has 0 aromatic carbocycles. The largest absolute Gasteiger partial charge is 0.317 e. The minimum Gasteiger partial charge on any atom is -0.317 e. The van der Waals surface area contributed by atoms with Crippen molar-refractivity contribution in [3.05, 3.63) is 0 Å². The summed E-state index contributed by atoms with van der Waals surface area (Å²) < 4.78 is 0. The molecule has 0 radical (unpaired) electrons. The highest BCUT2D eigenvalue weighted by atomic mass is 15.2. The van der Waals surface area contributed by atoms with Crippen LogP contribution in [0.4, 0.5) is 0 Å². The minimum absolute atomic E-state index is 0.865. The van der Waals surface area contributed by atoms with Crippen LogP contribution in [-0.4, -0.2) is 37.1 Å². The van der Waals surface area contributed by atoms with E-state index < -0.39 is 0 Å². The Balaban J connectivity index is 1.86. The summed E-state index contributed by atoms with van der Waals surface area (Å²) in [7, 11) is 0. The van der Waals surface area contributed by atoms with Gasteiger partial charge in [-0.15, -0.1) is 0 Å². The topological polar surface area (TPSA) is 15.3 Å². The molecule has 1 atom stereocenters. The number of likely N-dealkylation sites (tertiary alicyclic amines) is 1. The molecule has 2 saturated heterocycles. The summed E-state index contributed by atoms with van der Waals surface area (Å²) in [4.78, 5) is 2.87. The van der Waals surface area contributed by atoms with Crippen LogP contribution in [0.2, 0.25) is 0 Å². The zero-order valence-electron chi connectivity index (χ0n) is 13.2. The Labute approximate surface area is 120 Å².